The smallest absolute Gasteiger partial charge is 0.292 e. The third-order valence-electron chi connectivity index (χ3n) is 3.14. The maximum absolute atomic E-state index is 12.6. The Hall–Kier alpha value is -1.04. The fraction of sp³-hybridized carbons (Fsp3) is 0.438. The Bertz CT molecular complexity index is 646. The molecule has 0 N–H and O–H groups in total. The maximum Gasteiger partial charge on any atom is 0.292 e. The summed E-state index contributed by atoms with van der Waals surface area (Å²) in [7, 11) is 0. The highest BCUT2D eigenvalue weighted by Crippen LogP contribution is 2.24. The minimum atomic E-state index is 0.0399. The van der Waals surface area contributed by atoms with Crippen LogP contribution in [0.3, 0.4) is 0 Å². The van der Waals surface area contributed by atoms with E-state index in [1.54, 1.807) is 0 Å². The van der Waals surface area contributed by atoms with Gasteiger partial charge in [-0.25, -0.2) is 0 Å². The molecule has 0 aliphatic carbocycles. The van der Waals surface area contributed by atoms with Crippen LogP contribution in [0.1, 0.15) is 38.7 Å². The second-order valence-electron chi connectivity index (χ2n) is 4.79. The van der Waals surface area contributed by atoms with Crippen molar-refractivity contribution in [1.82, 2.24) is 0 Å². The van der Waals surface area contributed by atoms with Gasteiger partial charge in [0.15, 0.2) is 5.43 Å². The molecular formula is C16H19IO3. The van der Waals surface area contributed by atoms with Gasteiger partial charge in [0.25, 0.3) is 5.95 Å². The number of ether oxygens (including phenoxy) is 1. The molecule has 0 fully saturated rings. The average molecular weight is 386 g/mol. The summed E-state index contributed by atoms with van der Waals surface area (Å²) in [6.07, 6.45) is 3.59. The molecule has 0 aliphatic heterocycles. The van der Waals surface area contributed by atoms with Crippen LogP contribution in [-0.4, -0.2) is 6.61 Å². The van der Waals surface area contributed by atoms with Gasteiger partial charge in [0.1, 0.15) is 5.58 Å². The Morgan fingerprint density at radius 1 is 1.25 bits per heavy atom. The van der Waals surface area contributed by atoms with Crippen molar-refractivity contribution in [2.45, 2.75) is 39.5 Å². The molecule has 1 aromatic carbocycles. The quantitative estimate of drug-likeness (QED) is 0.541. The van der Waals surface area contributed by atoms with E-state index in [2.05, 4.69) is 29.5 Å². The van der Waals surface area contributed by atoms with Crippen molar-refractivity contribution < 1.29 is 9.15 Å². The molecule has 0 amide bonds. The summed E-state index contributed by atoms with van der Waals surface area (Å²) in [5.41, 5.74) is 1.30. The largest absolute Gasteiger partial charge is 0.465 e. The number of benzene rings is 1. The zero-order valence-corrected chi connectivity index (χ0v) is 14.0. The maximum atomic E-state index is 12.6. The highest BCUT2D eigenvalue weighted by Gasteiger charge is 2.15. The van der Waals surface area contributed by atoms with Crippen LogP contribution in [-0.2, 0) is 6.42 Å². The van der Waals surface area contributed by atoms with E-state index < -0.39 is 0 Å². The summed E-state index contributed by atoms with van der Waals surface area (Å²) in [4.78, 5) is 12.6. The standard InChI is InChI=1S/C16H19IO3/c1-3-5-9-19-16-12(6-4-2)15(18)13-10-11(17)7-8-14(13)20-16/h7-8,10H,3-6,9H2,1-2H3. The van der Waals surface area contributed by atoms with E-state index >= 15 is 0 Å². The summed E-state index contributed by atoms with van der Waals surface area (Å²) in [5, 5.41) is 0.642. The number of rotatable bonds is 6. The Morgan fingerprint density at radius 2 is 2.05 bits per heavy atom. The number of fused-ring (bicyclic) bond motifs is 1. The van der Waals surface area contributed by atoms with Gasteiger partial charge in [-0.05, 0) is 53.6 Å². The lowest BCUT2D eigenvalue weighted by atomic mass is 10.1. The van der Waals surface area contributed by atoms with Crippen LogP contribution in [0.2, 0.25) is 0 Å². The molecule has 0 bridgehead atoms. The minimum absolute atomic E-state index is 0.0399. The predicted molar refractivity (Wildman–Crippen MR) is 89.6 cm³/mol. The summed E-state index contributed by atoms with van der Waals surface area (Å²) >= 11 is 2.20. The molecule has 0 saturated carbocycles. The van der Waals surface area contributed by atoms with Crippen LogP contribution in [0.5, 0.6) is 5.95 Å². The van der Waals surface area contributed by atoms with Crippen molar-refractivity contribution >= 4 is 33.6 Å². The SMILES string of the molecule is CCCCOc1oc2ccc(I)cc2c(=O)c1CCC. The molecule has 1 aromatic heterocycles. The third kappa shape index (κ3) is 3.34. The van der Waals surface area contributed by atoms with E-state index in [-0.39, 0.29) is 5.43 Å². The van der Waals surface area contributed by atoms with Gasteiger partial charge in [0.05, 0.1) is 17.6 Å². The van der Waals surface area contributed by atoms with Crippen LogP contribution < -0.4 is 10.2 Å². The number of hydrogen-bond donors (Lipinski definition) is 0. The first-order valence-electron chi connectivity index (χ1n) is 7.05. The van der Waals surface area contributed by atoms with Gasteiger partial charge in [-0.3, -0.25) is 4.79 Å². The zero-order valence-electron chi connectivity index (χ0n) is 11.9. The summed E-state index contributed by atoms with van der Waals surface area (Å²) in [6, 6.07) is 5.64. The molecule has 0 spiro atoms. The van der Waals surface area contributed by atoms with Crippen LogP contribution in [0, 0.1) is 3.57 Å². The van der Waals surface area contributed by atoms with Gasteiger partial charge >= 0.3 is 0 Å². The highest BCUT2D eigenvalue weighted by molar-refractivity contribution is 14.1. The fourth-order valence-corrected chi connectivity index (χ4v) is 2.57. The van der Waals surface area contributed by atoms with Crippen molar-refractivity contribution in [3.05, 3.63) is 37.6 Å². The molecule has 2 rings (SSSR count). The van der Waals surface area contributed by atoms with Crippen molar-refractivity contribution in [2.24, 2.45) is 0 Å². The van der Waals surface area contributed by atoms with Gasteiger partial charge in [0.2, 0.25) is 0 Å². The van der Waals surface area contributed by atoms with Gasteiger partial charge in [-0.2, -0.15) is 0 Å². The molecule has 20 heavy (non-hydrogen) atoms. The van der Waals surface area contributed by atoms with Crippen molar-refractivity contribution in [2.75, 3.05) is 6.61 Å². The van der Waals surface area contributed by atoms with Gasteiger partial charge in [0, 0.05) is 3.57 Å². The summed E-state index contributed by atoms with van der Waals surface area (Å²) < 4.78 is 12.5. The van der Waals surface area contributed by atoms with Crippen molar-refractivity contribution in [1.29, 1.82) is 0 Å². The summed E-state index contributed by atoms with van der Waals surface area (Å²) in [5.74, 6) is 0.402. The topological polar surface area (TPSA) is 39.4 Å². The first-order chi connectivity index (χ1) is 9.67. The molecule has 0 atom stereocenters. The Kier molecular flexibility index (Phi) is 5.46. The number of hydrogen-bond acceptors (Lipinski definition) is 3. The third-order valence-corrected chi connectivity index (χ3v) is 3.81. The molecule has 2 aromatic rings. The Labute approximate surface area is 132 Å². The lowest BCUT2D eigenvalue weighted by Crippen LogP contribution is -2.12. The average Bonchev–Trinajstić information content (AvgIpc) is 2.44. The Balaban J connectivity index is 2.51. The van der Waals surface area contributed by atoms with Gasteiger partial charge in [-0.1, -0.05) is 26.7 Å². The second-order valence-corrected chi connectivity index (χ2v) is 6.04. The van der Waals surface area contributed by atoms with Crippen molar-refractivity contribution in [3.63, 3.8) is 0 Å². The molecular weight excluding hydrogens is 367 g/mol. The number of halogens is 1. The molecule has 0 radical (unpaired) electrons. The molecule has 0 saturated heterocycles. The molecule has 1 heterocycles. The molecule has 108 valence electrons. The molecule has 0 unspecified atom stereocenters. The second kappa shape index (κ2) is 7.11. The zero-order chi connectivity index (χ0) is 14.5. The first kappa shape index (κ1) is 15.4. The van der Waals surface area contributed by atoms with E-state index in [9.17, 15) is 4.79 Å². The minimum Gasteiger partial charge on any atom is -0.465 e. The van der Waals surface area contributed by atoms with E-state index in [1.165, 1.54) is 0 Å². The van der Waals surface area contributed by atoms with Crippen molar-refractivity contribution in [3.8, 4) is 5.95 Å². The highest BCUT2D eigenvalue weighted by atomic mass is 127. The van der Waals surface area contributed by atoms with Gasteiger partial charge < -0.3 is 9.15 Å². The monoisotopic (exact) mass is 386 g/mol. The molecule has 4 heteroatoms. The summed E-state index contributed by atoms with van der Waals surface area (Å²) in [6.45, 7) is 4.75. The first-order valence-corrected chi connectivity index (χ1v) is 8.13. The van der Waals surface area contributed by atoms with Crippen LogP contribution in [0.15, 0.2) is 27.4 Å². The van der Waals surface area contributed by atoms with E-state index in [0.717, 1.165) is 22.8 Å². The van der Waals surface area contributed by atoms with Gasteiger partial charge in [-0.15, -0.1) is 0 Å². The molecule has 3 nitrogen and oxygen atoms in total. The van der Waals surface area contributed by atoms with E-state index in [4.69, 9.17) is 9.15 Å². The lowest BCUT2D eigenvalue weighted by Gasteiger charge is -2.10. The van der Waals surface area contributed by atoms with Crippen LogP contribution >= 0.6 is 22.6 Å². The van der Waals surface area contributed by atoms with E-state index in [1.807, 2.05) is 25.1 Å². The fourth-order valence-electron chi connectivity index (χ4n) is 2.08. The normalized spacial score (nSPS) is 10.9. The van der Waals surface area contributed by atoms with Crippen LogP contribution in [0.4, 0.5) is 0 Å². The Morgan fingerprint density at radius 3 is 2.75 bits per heavy atom. The number of unbranched alkanes of at least 4 members (excludes halogenated alkanes) is 1. The lowest BCUT2D eigenvalue weighted by molar-refractivity contribution is 0.237. The van der Waals surface area contributed by atoms with Crippen LogP contribution in [0.25, 0.3) is 11.0 Å². The molecule has 0 aliphatic rings. The predicted octanol–water partition coefficient (Wildman–Crippen LogP) is 4.53. The van der Waals surface area contributed by atoms with E-state index in [0.29, 0.717) is 35.5 Å².